The number of amides is 2. The first kappa shape index (κ1) is 18.1. The summed E-state index contributed by atoms with van der Waals surface area (Å²) >= 11 is 0. The first-order valence-electron chi connectivity index (χ1n) is 8.35. The highest BCUT2D eigenvalue weighted by Gasteiger charge is 2.13. The maximum absolute atomic E-state index is 11.5. The van der Waals surface area contributed by atoms with E-state index in [1.807, 2.05) is 30.3 Å². The summed E-state index contributed by atoms with van der Waals surface area (Å²) in [5, 5.41) is 14.5. The van der Waals surface area contributed by atoms with Crippen molar-refractivity contribution in [2.75, 3.05) is 10.6 Å². The summed E-state index contributed by atoms with van der Waals surface area (Å²) in [6.07, 6.45) is -1.10. The summed E-state index contributed by atoms with van der Waals surface area (Å²) in [6.45, 7) is 2.31. The van der Waals surface area contributed by atoms with Gasteiger partial charge in [0, 0.05) is 34.9 Å². The molecule has 0 bridgehead atoms. The van der Waals surface area contributed by atoms with Crippen molar-refractivity contribution in [2.45, 2.75) is 13.5 Å². The molecule has 7 nitrogen and oxygen atoms in total. The molecule has 0 unspecified atom stereocenters. The van der Waals surface area contributed by atoms with E-state index in [1.54, 1.807) is 31.2 Å². The second kappa shape index (κ2) is 7.65. The van der Waals surface area contributed by atoms with Crippen molar-refractivity contribution in [1.29, 1.82) is 0 Å². The van der Waals surface area contributed by atoms with Crippen molar-refractivity contribution >= 4 is 23.4 Å². The lowest BCUT2D eigenvalue weighted by atomic mass is 10.1. The number of benzene rings is 2. The number of carbonyl (C=O) groups is 2. The van der Waals surface area contributed by atoms with Crippen molar-refractivity contribution in [2.24, 2.45) is 5.73 Å². The van der Waals surface area contributed by atoms with E-state index in [9.17, 15) is 9.59 Å². The number of aryl methyl sites for hydroxylation is 1. The van der Waals surface area contributed by atoms with E-state index in [1.165, 1.54) is 0 Å². The smallest absolute Gasteiger partial charge is 0.409 e. The Morgan fingerprint density at radius 1 is 1.11 bits per heavy atom. The van der Waals surface area contributed by atoms with Crippen molar-refractivity contribution in [3.8, 4) is 11.3 Å². The van der Waals surface area contributed by atoms with Gasteiger partial charge in [-0.2, -0.15) is 0 Å². The number of primary amides is 1. The Balaban J connectivity index is 1.82. The van der Waals surface area contributed by atoms with Gasteiger partial charge in [-0.15, -0.1) is 0 Å². The zero-order chi connectivity index (χ0) is 19.4. The third kappa shape index (κ3) is 4.27. The molecular formula is C20H20N4O3. The molecule has 0 aliphatic rings. The van der Waals surface area contributed by atoms with Gasteiger partial charge in [-0.3, -0.25) is 10.1 Å². The van der Waals surface area contributed by atoms with E-state index in [0.29, 0.717) is 17.8 Å². The fourth-order valence-electron chi connectivity index (χ4n) is 2.91. The van der Waals surface area contributed by atoms with Crippen LogP contribution in [0.25, 0.3) is 11.3 Å². The first-order valence-corrected chi connectivity index (χ1v) is 8.35. The molecule has 0 atom stereocenters. The maximum Gasteiger partial charge on any atom is 0.409 e. The maximum atomic E-state index is 11.5. The van der Waals surface area contributed by atoms with Gasteiger partial charge in [0.2, 0.25) is 0 Å². The average molecular weight is 364 g/mol. The predicted molar refractivity (Wildman–Crippen MR) is 105 cm³/mol. The fraction of sp³-hybridized carbons (Fsp3) is 0.100. The standard InChI is InChI=1S/C20H20N4O3/c1-12-16(19(21)25)10-18(23-12)15-7-2-3-8-17(15)22-11-13-5-4-6-14(9-13)24-20(26)27/h2-10,22-24H,11H2,1H3,(H2,21,25)(H,26,27). The van der Waals surface area contributed by atoms with Crippen molar-refractivity contribution in [3.05, 3.63) is 71.4 Å². The highest BCUT2D eigenvalue weighted by Crippen LogP contribution is 2.29. The number of aromatic nitrogens is 1. The topological polar surface area (TPSA) is 120 Å². The summed E-state index contributed by atoms with van der Waals surface area (Å²) in [7, 11) is 0. The molecule has 2 aromatic carbocycles. The molecule has 7 heteroatoms. The first-order chi connectivity index (χ1) is 12.9. The molecule has 138 valence electrons. The summed E-state index contributed by atoms with van der Waals surface area (Å²) in [6, 6.07) is 16.6. The van der Waals surface area contributed by atoms with Gasteiger partial charge < -0.3 is 21.1 Å². The van der Waals surface area contributed by atoms with Gasteiger partial charge >= 0.3 is 6.09 Å². The molecule has 0 fully saturated rings. The highest BCUT2D eigenvalue weighted by molar-refractivity contribution is 5.96. The van der Waals surface area contributed by atoms with Crippen LogP contribution in [0.4, 0.5) is 16.2 Å². The molecule has 0 aliphatic heterocycles. The molecule has 0 spiro atoms. The molecule has 3 aromatic rings. The van der Waals surface area contributed by atoms with E-state index in [-0.39, 0.29) is 0 Å². The molecule has 6 N–H and O–H groups in total. The summed E-state index contributed by atoms with van der Waals surface area (Å²) in [4.78, 5) is 25.5. The molecule has 0 radical (unpaired) electrons. The minimum absolute atomic E-state index is 0.465. The molecule has 0 saturated carbocycles. The molecule has 27 heavy (non-hydrogen) atoms. The fourth-order valence-corrected chi connectivity index (χ4v) is 2.91. The zero-order valence-corrected chi connectivity index (χ0v) is 14.7. The Morgan fingerprint density at radius 3 is 2.59 bits per heavy atom. The molecule has 2 amide bonds. The van der Waals surface area contributed by atoms with Gasteiger partial charge in [0.15, 0.2) is 0 Å². The van der Waals surface area contributed by atoms with Crippen LogP contribution in [0.1, 0.15) is 21.6 Å². The Labute approximate surface area is 156 Å². The van der Waals surface area contributed by atoms with Crippen molar-refractivity contribution in [3.63, 3.8) is 0 Å². The van der Waals surface area contributed by atoms with E-state index < -0.39 is 12.0 Å². The minimum atomic E-state index is -1.10. The lowest BCUT2D eigenvalue weighted by molar-refractivity contribution is 0.1000. The number of carboxylic acid groups (broad SMARTS) is 1. The van der Waals surface area contributed by atoms with E-state index in [0.717, 1.165) is 28.2 Å². The second-order valence-corrected chi connectivity index (χ2v) is 6.12. The average Bonchev–Trinajstić information content (AvgIpc) is 3.02. The van der Waals surface area contributed by atoms with E-state index in [4.69, 9.17) is 10.8 Å². The highest BCUT2D eigenvalue weighted by atomic mass is 16.4. The summed E-state index contributed by atoms with van der Waals surface area (Å²) in [5.41, 5.74) is 10.6. The van der Waals surface area contributed by atoms with E-state index >= 15 is 0 Å². The zero-order valence-electron chi connectivity index (χ0n) is 14.7. The van der Waals surface area contributed by atoms with Crippen LogP contribution < -0.4 is 16.4 Å². The van der Waals surface area contributed by atoms with Gasteiger partial charge in [0.1, 0.15) is 0 Å². The Bertz CT molecular complexity index is 994. The summed E-state index contributed by atoms with van der Waals surface area (Å²) in [5.74, 6) is -0.469. The van der Waals surface area contributed by atoms with Crippen LogP contribution in [-0.2, 0) is 6.54 Å². The van der Waals surface area contributed by atoms with Gasteiger partial charge in [0.05, 0.1) is 5.56 Å². The quantitative estimate of drug-likeness (QED) is 0.457. The number of hydrogen-bond donors (Lipinski definition) is 5. The summed E-state index contributed by atoms with van der Waals surface area (Å²) < 4.78 is 0. The Morgan fingerprint density at radius 2 is 1.89 bits per heavy atom. The van der Waals surface area contributed by atoms with Gasteiger partial charge in [-0.05, 0) is 36.8 Å². The molecule has 0 aliphatic carbocycles. The van der Waals surface area contributed by atoms with Crippen LogP contribution in [0.15, 0.2) is 54.6 Å². The molecule has 1 heterocycles. The largest absolute Gasteiger partial charge is 0.465 e. The normalized spacial score (nSPS) is 10.4. The lowest BCUT2D eigenvalue weighted by Gasteiger charge is -2.12. The number of carbonyl (C=O) groups excluding carboxylic acids is 1. The lowest BCUT2D eigenvalue weighted by Crippen LogP contribution is -2.10. The van der Waals surface area contributed by atoms with Crippen LogP contribution in [-0.4, -0.2) is 22.1 Å². The third-order valence-corrected chi connectivity index (χ3v) is 4.16. The number of H-pyrrole nitrogens is 1. The number of para-hydroxylation sites is 1. The van der Waals surface area contributed by atoms with Gasteiger partial charge in [0.25, 0.3) is 5.91 Å². The minimum Gasteiger partial charge on any atom is -0.465 e. The van der Waals surface area contributed by atoms with Crippen LogP contribution in [0.5, 0.6) is 0 Å². The van der Waals surface area contributed by atoms with Gasteiger partial charge in [-0.25, -0.2) is 4.79 Å². The molecule has 3 rings (SSSR count). The van der Waals surface area contributed by atoms with Gasteiger partial charge in [-0.1, -0.05) is 30.3 Å². The number of anilines is 2. The predicted octanol–water partition coefficient (Wildman–Crippen LogP) is 3.79. The Hall–Kier alpha value is -3.74. The third-order valence-electron chi connectivity index (χ3n) is 4.16. The van der Waals surface area contributed by atoms with Crippen molar-refractivity contribution in [1.82, 2.24) is 4.98 Å². The van der Waals surface area contributed by atoms with Crippen LogP contribution in [0.2, 0.25) is 0 Å². The van der Waals surface area contributed by atoms with Crippen LogP contribution >= 0.6 is 0 Å². The number of nitrogens with one attached hydrogen (secondary N) is 3. The monoisotopic (exact) mass is 364 g/mol. The van der Waals surface area contributed by atoms with E-state index in [2.05, 4.69) is 15.6 Å². The van der Waals surface area contributed by atoms with Crippen molar-refractivity contribution < 1.29 is 14.7 Å². The number of aromatic amines is 1. The number of nitrogens with two attached hydrogens (primary N) is 1. The molecule has 1 aromatic heterocycles. The number of hydrogen-bond acceptors (Lipinski definition) is 3. The van der Waals surface area contributed by atoms with Crippen LogP contribution in [0, 0.1) is 6.92 Å². The number of rotatable bonds is 6. The molecule has 0 saturated heterocycles. The SMILES string of the molecule is Cc1[nH]c(-c2ccccc2NCc2cccc(NC(=O)O)c2)cc1C(N)=O. The second-order valence-electron chi connectivity index (χ2n) is 6.12. The Kier molecular flexibility index (Phi) is 5.12. The van der Waals surface area contributed by atoms with Crippen LogP contribution in [0.3, 0.4) is 0 Å². The molecular weight excluding hydrogens is 344 g/mol.